The van der Waals surface area contributed by atoms with Crippen LogP contribution in [-0.4, -0.2) is 33.1 Å². The van der Waals surface area contributed by atoms with Crippen molar-refractivity contribution in [3.05, 3.63) is 32.8 Å². The van der Waals surface area contributed by atoms with Gasteiger partial charge in [0.25, 0.3) is 11.6 Å². The van der Waals surface area contributed by atoms with Gasteiger partial charge < -0.3 is 10.7 Å². The maximum atomic E-state index is 12.0. The fraction of sp³-hybridized carbons (Fsp3) is 0.364. The third-order valence-electron chi connectivity index (χ3n) is 2.53. The number of nitrogens with two attached hydrogens (primary N) is 1. The average molecular weight is 335 g/mol. The highest BCUT2D eigenvalue weighted by Gasteiger charge is 2.21. The molecule has 21 heavy (non-hydrogen) atoms. The molecule has 1 amide bonds. The molecular formula is C11H15ClN4O4S. The van der Waals surface area contributed by atoms with Crippen LogP contribution in [0.25, 0.3) is 0 Å². The summed E-state index contributed by atoms with van der Waals surface area (Å²) in [5.41, 5.74) is 1.69. The number of rotatable bonds is 6. The number of hydrazine groups is 1. The van der Waals surface area contributed by atoms with Crippen molar-refractivity contribution in [2.45, 2.75) is 13.0 Å². The second-order valence-electron chi connectivity index (χ2n) is 4.37. The van der Waals surface area contributed by atoms with Crippen molar-refractivity contribution >= 4 is 39.7 Å². The Hall–Kier alpha value is -1.71. The zero-order chi connectivity index (χ0) is 16.2. The number of benzene rings is 1. The predicted octanol–water partition coefficient (Wildman–Crippen LogP) is 1.03. The molecule has 2 unspecified atom stereocenters. The number of nitro benzene ring substituents is 1. The molecule has 2 atom stereocenters. The number of nitrogens with one attached hydrogen (secondary N) is 2. The summed E-state index contributed by atoms with van der Waals surface area (Å²) in [4.78, 5) is 22.3. The highest BCUT2D eigenvalue weighted by Crippen LogP contribution is 2.32. The van der Waals surface area contributed by atoms with Crippen LogP contribution in [0.1, 0.15) is 17.3 Å². The number of hydrogen-bond donors (Lipinski definition) is 3. The van der Waals surface area contributed by atoms with Gasteiger partial charge in [-0.25, -0.2) is 0 Å². The lowest BCUT2D eigenvalue weighted by Crippen LogP contribution is -2.36. The molecule has 0 saturated heterocycles. The highest BCUT2D eigenvalue weighted by molar-refractivity contribution is 7.84. The summed E-state index contributed by atoms with van der Waals surface area (Å²) in [5.74, 6) is 4.92. The van der Waals surface area contributed by atoms with Gasteiger partial charge in [0.1, 0.15) is 5.69 Å². The fourth-order valence-corrected chi connectivity index (χ4v) is 2.77. The molecule has 0 aliphatic rings. The lowest BCUT2D eigenvalue weighted by molar-refractivity contribution is -0.384. The van der Waals surface area contributed by atoms with Crippen LogP contribution in [0.15, 0.2) is 12.1 Å². The van der Waals surface area contributed by atoms with E-state index in [2.05, 4.69) is 10.7 Å². The van der Waals surface area contributed by atoms with Crippen LogP contribution in [0.5, 0.6) is 0 Å². The number of nitrogens with zero attached hydrogens (tertiary/aromatic N) is 1. The number of halogens is 1. The molecular weight excluding hydrogens is 320 g/mol. The molecule has 0 radical (unpaired) electrons. The van der Waals surface area contributed by atoms with E-state index >= 15 is 0 Å². The first-order chi connectivity index (χ1) is 9.76. The Morgan fingerprint density at radius 1 is 1.57 bits per heavy atom. The van der Waals surface area contributed by atoms with Crippen LogP contribution in [0.3, 0.4) is 0 Å². The van der Waals surface area contributed by atoms with Crippen molar-refractivity contribution in [2.75, 3.05) is 17.4 Å². The summed E-state index contributed by atoms with van der Waals surface area (Å²) in [7, 11) is -1.07. The largest absolute Gasteiger partial charge is 0.349 e. The Morgan fingerprint density at radius 2 is 2.19 bits per heavy atom. The van der Waals surface area contributed by atoms with Gasteiger partial charge in [-0.1, -0.05) is 11.6 Å². The number of nitro groups is 1. The SMILES string of the molecule is CC(CS(C)=O)NC(=O)c1cc(Cl)c(NN)c([N+](=O)[O-])c1. The lowest BCUT2D eigenvalue weighted by atomic mass is 10.1. The van der Waals surface area contributed by atoms with Crippen molar-refractivity contribution in [3.8, 4) is 0 Å². The molecule has 1 aromatic rings. The van der Waals surface area contributed by atoms with Crippen LogP contribution in [-0.2, 0) is 10.8 Å². The van der Waals surface area contributed by atoms with Crippen LogP contribution in [0.2, 0.25) is 5.02 Å². The minimum atomic E-state index is -1.07. The van der Waals surface area contributed by atoms with E-state index in [9.17, 15) is 19.1 Å². The Labute approximate surface area is 128 Å². The molecule has 0 bridgehead atoms. The van der Waals surface area contributed by atoms with Crippen molar-refractivity contribution < 1.29 is 13.9 Å². The van der Waals surface area contributed by atoms with Gasteiger partial charge in [0.05, 0.1) is 9.95 Å². The van der Waals surface area contributed by atoms with E-state index in [-0.39, 0.29) is 28.1 Å². The van der Waals surface area contributed by atoms with Crippen LogP contribution >= 0.6 is 11.6 Å². The first-order valence-electron chi connectivity index (χ1n) is 5.81. The number of amides is 1. The van der Waals surface area contributed by atoms with E-state index in [1.165, 1.54) is 12.3 Å². The number of carbonyl (C=O) groups is 1. The molecule has 10 heteroatoms. The minimum Gasteiger partial charge on any atom is -0.349 e. The first-order valence-corrected chi connectivity index (χ1v) is 7.92. The summed E-state index contributed by atoms with van der Waals surface area (Å²) in [6.07, 6.45) is 1.52. The molecule has 0 saturated carbocycles. The Kier molecular flexibility index (Phi) is 6.06. The molecule has 0 spiro atoms. The van der Waals surface area contributed by atoms with Crippen LogP contribution in [0, 0.1) is 10.1 Å². The lowest BCUT2D eigenvalue weighted by Gasteiger charge is -2.13. The second-order valence-corrected chi connectivity index (χ2v) is 6.25. The summed E-state index contributed by atoms with van der Waals surface area (Å²) in [6.45, 7) is 1.69. The third-order valence-corrected chi connectivity index (χ3v) is 3.80. The Bertz CT molecular complexity index is 596. The Morgan fingerprint density at radius 3 is 2.67 bits per heavy atom. The minimum absolute atomic E-state index is 0.0273. The zero-order valence-corrected chi connectivity index (χ0v) is 13.0. The fourth-order valence-electron chi connectivity index (χ4n) is 1.71. The quantitative estimate of drug-likeness (QED) is 0.405. The molecule has 0 aromatic heterocycles. The number of carbonyl (C=O) groups excluding carboxylic acids is 1. The summed E-state index contributed by atoms with van der Waals surface area (Å²) < 4.78 is 11.1. The molecule has 1 aromatic carbocycles. The molecule has 8 nitrogen and oxygen atoms in total. The van der Waals surface area contributed by atoms with Crippen molar-refractivity contribution in [1.29, 1.82) is 0 Å². The van der Waals surface area contributed by atoms with E-state index in [4.69, 9.17) is 17.4 Å². The normalized spacial score (nSPS) is 13.3. The maximum Gasteiger partial charge on any atom is 0.295 e. The van der Waals surface area contributed by atoms with Gasteiger partial charge in [0, 0.05) is 40.5 Å². The van der Waals surface area contributed by atoms with E-state index < -0.39 is 27.3 Å². The zero-order valence-electron chi connectivity index (χ0n) is 11.4. The highest BCUT2D eigenvalue weighted by atomic mass is 35.5. The predicted molar refractivity (Wildman–Crippen MR) is 81.8 cm³/mol. The molecule has 0 heterocycles. The molecule has 0 aliphatic carbocycles. The smallest absolute Gasteiger partial charge is 0.295 e. The van der Waals surface area contributed by atoms with Gasteiger partial charge in [0.2, 0.25) is 0 Å². The van der Waals surface area contributed by atoms with Crippen molar-refractivity contribution in [1.82, 2.24) is 5.32 Å². The summed E-state index contributed by atoms with van der Waals surface area (Å²) >= 11 is 5.87. The average Bonchev–Trinajstić information content (AvgIpc) is 2.36. The summed E-state index contributed by atoms with van der Waals surface area (Å²) in [5, 5.41) is 13.5. The monoisotopic (exact) mass is 334 g/mol. The second kappa shape index (κ2) is 7.34. The van der Waals surface area contributed by atoms with E-state index in [0.717, 1.165) is 6.07 Å². The molecule has 0 aliphatic heterocycles. The van der Waals surface area contributed by atoms with Crippen LogP contribution in [0.4, 0.5) is 11.4 Å². The van der Waals surface area contributed by atoms with Crippen molar-refractivity contribution in [3.63, 3.8) is 0 Å². The number of hydrogen-bond acceptors (Lipinski definition) is 6. The van der Waals surface area contributed by atoms with Gasteiger partial charge in [-0.3, -0.25) is 25.0 Å². The maximum absolute atomic E-state index is 12.0. The first kappa shape index (κ1) is 17.3. The van der Waals surface area contributed by atoms with E-state index in [0.29, 0.717) is 0 Å². The van der Waals surface area contributed by atoms with Crippen LogP contribution < -0.4 is 16.6 Å². The van der Waals surface area contributed by atoms with Gasteiger partial charge >= 0.3 is 0 Å². The topological polar surface area (TPSA) is 127 Å². The van der Waals surface area contributed by atoms with Gasteiger partial charge in [-0.15, -0.1) is 0 Å². The van der Waals surface area contributed by atoms with E-state index in [1.807, 2.05) is 0 Å². The number of anilines is 1. The van der Waals surface area contributed by atoms with Gasteiger partial charge in [0.15, 0.2) is 0 Å². The summed E-state index contributed by atoms with van der Waals surface area (Å²) in [6, 6.07) is 2.01. The number of nitrogen functional groups attached to an aromatic ring is 1. The Balaban J connectivity index is 3.06. The molecule has 0 fully saturated rings. The van der Waals surface area contributed by atoms with E-state index in [1.54, 1.807) is 6.92 Å². The third kappa shape index (κ3) is 4.66. The van der Waals surface area contributed by atoms with Gasteiger partial charge in [-0.2, -0.15) is 0 Å². The van der Waals surface area contributed by atoms with Gasteiger partial charge in [-0.05, 0) is 13.0 Å². The van der Waals surface area contributed by atoms with Crippen molar-refractivity contribution in [2.24, 2.45) is 5.84 Å². The molecule has 4 N–H and O–H groups in total. The molecule has 116 valence electrons. The molecule has 1 rings (SSSR count). The standard InChI is InChI=1S/C11H15ClN4O4S/c1-6(5-21(2)20)14-11(17)7-3-8(12)10(15-13)9(4-7)16(18)19/h3-4,6,15H,5,13H2,1-2H3,(H,14,17).